The molecule has 0 radical (unpaired) electrons. The van der Waals surface area contributed by atoms with Gasteiger partial charge in [-0.25, -0.2) is 4.79 Å². The first-order valence-corrected chi connectivity index (χ1v) is 4.51. The molecule has 0 saturated carbocycles. The van der Waals surface area contributed by atoms with Gasteiger partial charge in [0.1, 0.15) is 12.5 Å². The Balaban J connectivity index is 3.70. The summed E-state index contributed by atoms with van der Waals surface area (Å²) in [5.74, 6) is 0.722. The number of aliphatic carboxylic acids is 1. The molecule has 0 fully saturated rings. The average molecular weight is 197 g/mol. The molecule has 0 heterocycles. The van der Waals surface area contributed by atoms with E-state index in [1.54, 1.807) is 5.94 Å². The van der Waals surface area contributed by atoms with E-state index >= 15 is 0 Å². The van der Waals surface area contributed by atoms with E-state index in [2.05, 4.69) is 5.32 Å². The van der Waals surface area contributed by atoms with Crippen molar-refractivity contribution in [2.45, 2.75) is 26.2 Å². The van der Waals surface area contributed by atoms with Gasteiger partial charge >= 0.3 is 5.97 Å². The van der Waals surface area contributed by atoms with Crippen LogP contribution in [0.25, 0.3) is 0 Å². The van der Waals surface area contributed by atoms with Gasteiger partial charge in [-0.3, -0.25) is 4.79 Å². The van der Waals surface area contributed by atoms with Crippen molar-refractivity contribution in [2.75, 3.05) is 6.54 Å². The highest BCUT2D eigenvalue weighted by Gasteiger charge is 2.00. The number of carboxylic acid groups (broad SMARTS) is 1. The van der Waals surface area contributed by atoms with Crippen molar-refractivity contribution >= 4 is 11.9 Å². The second-order valence-corrected chi connectivity index (χ2v) is 2.79. The lowest BCUT2D eigenvalue weighted by Gasteiger charge is -2.03. The van der Waals surface area contributed by atoms with Crippen molar-refractivity contribution in [1.82, 2.24) is 5.32 Å². The minimum atomic E-state index is -0.980. The van der Waals surface area contributed by atoms with Crippen molar-refractivity contribution in [2.24, 2.45) is 0 Å². The number of allylic oxidation sites excluding steroid dienone is 3. The highest BCUT2D eigenvalue weighted by atomic mass is 16.4. The molecule has 0 aromatic carbocycles. The zero-order valence-corrected chi connectivity index (χ0v) is 8.25. The topological polar surface area (TPSA) is 66.4 Å². The molecule has 0 saturated heterocycles. The fourth-order valence-electron chi connectivity index (χ4n) is 0.921. The number of hydrogen-bond acceptors (Lipinski definition) is 3. The molecule has 0 aliphatic rings. The Kier molecular flexibility index (Phi) is 7.19. The highest BCUT2D eigenvalue weighted by Crippen LogP contribution is 2.01. The van der Waals surface area contributed by atoms with E-state index in [-0.39, 0.29) is 6.54 Å². The van der Waals surface area contributed by atoms with E-state index in [9.17, 15) is 9.59 Å². The number of rotatable bonds is 7. The number of carbonyl (C=O) groups is 1. The maximum atomic E-state index is 10.3. The van der Waals surface area contributed by atoms with E-state index in [4.69, 9.17) is 5.11 Å². The van der Waals surface area contributed by atoms with Crippen molar-refractivity contribution in [3.05, 3.63) is 17.8 Å². The second kappa shape index (κ2) is 8.08. The SMILES string of the molecule is C/C=C/CCCC(=C=O)NCC(=O)O. The largest absolute Gasteiger partial charge is 0.480 e. The van der Waals surface area contributed by atoms with Crippen LogP contribution in [0.4, 0.5) is 0 Å². The smallest absolute Gasteiger partial charge is 0.322 e. The van der Waals surface area contributed by atoms with E-state index in [0.717, 1.165) is 12.8 Å². The molecule has 4 nitrogen and oxygen atoms in total. The lowest BCUT2D eigenvalue weighted by Crippen LogP contribution is -2.22. The van der Waals surface area contributed by atoms with Crippen LogP contribution in [-0.2, 0) is 9.59 Å². The van der Waals surface area contributed by atoms with Gasteiger partial charge in [-0.1, -0.05) is 12.2 Å². The molecule has 0 aromatic rings. The Labute approximate surface area is 83.3 Å². The quantitative estimate of drug-likeness (QED) is 0.364. The summed E-state index contributed by atoms with van der Waals surface area (Å²) in [6, 6.07) is 0. The van der Waals surface area contributed by atoms with Gasteiger partial charge in [-0.15, -0.1) is 0 Å². The molecule has 0 rings (SSSR count). The number of unbranched alkanes of at least 4 members (excludes halogenated alkanes) is 1. The van der Waals surface area contributed by atoms with Crippen molar-refractivity contribution in [3.8, 4) is 0 Å². The predicted octanol–water partition coefficient (Wildman–Crippen LogP) is 1.12. The molecule has 0 aromatic heterocycles. The molecule has 4 heteroatoms. The molecule has 0 aliphatic heterocycles. The van der Waals surface area contributed by atoms with Crippen molar-refractivity contribution in [1.29, 1.82) is 0 Å². The average Bonchev–Trinajstić information content (AvgIpc) is 2.16. The number of nitrogens with one attached hydrogen (secondary N) is 1. The molecular weight excluding hydrogens is 182 g/mol. The standard InChI is InChI=1S/C10H15NO3/c1-2-3-4-5-6-9(8-12)11-7-10(13)14/h2-3,11H,4-7H2,1H3,(H,13,14)/b3-2+. The molecule has 14 heavy (non-hydrogen) atoms. The van der Waals surface area contributed by atoms with Crippen LogP contribution in [0.15, 0.2) is 17.8 Å². The third-order valence-electron chi connectivity index (χ3n) is 1.61. The van der Waals surface area contributed by atoms with Crippen LogP contribution in [0.2, 0.25) is 0 Å². The normalized spacial score (nSPS) is 9.79. The summed E-state index contributed by atoms with van der Waals surface area (Å²) in [5, 5.41) is 10.9. The molecule has 0 amide bonds. The first kappa shape index (κ1) is 12.5. The van der Waals surface area contributed by atoms with Crippen LogP contribution in [0.5, 0.6) is 0 Å². The van der Waals surface area contributed by atoms with Crippen LogP contribution in [0.3, 0.4) is 0 Å². The molecule has 78 valence electrons. The minimum Gasteiger partial charge on any atom is -0.480 e. The molecule has 0 atom stereocenters. The van der Waals surface area contributed by atoms with Gasteiger partial charge in [0.05, 0.1) is 5.70 Å². The maximum absolute atomic E-state index is 10.3. The highest BCUT2D eigenvalue weighted by molar-refractivity contribution is 5.70. The number of carboxylic acids is 1. The lowest BCUT2D eigenvalue weighted by atomic mass is 10.2. The molecule has 2 N–H and O–H groups in total. The Morgan fingerprint density at radius 3 is 2.79 bits per heavy atom. The predicted molar refractivity (Wildman–Crippen MR) is 53.5 cm³/mol. The van der Waals surface area contributed by atoms with Crippen LogP contribution in [0, 0.1) is 0 Å². The minimum absolute atomic E-state index is 0.228. The summed E-state index contributed by atoms with van der Waals surface area (Å²) in [6.07, 6.45) is 6.19. The summed E-state index contributed by atoms with van der Waals surface area (Å²) in [6.45, 7) is 1.70. The summed E-state index contributed by atoms with van der Waals surface area (Å²) >= 11 is 0. The van der Waals surface area contributed by atoms with Crippen LogP contribution in [0.1, 0.15) is 26.2 Å². The maximum Gasteiger partial charge on any atom is 0.322 e. The van der Waals surface area contributed by atoms with Gasteiger partial charge in [0.2, 0.25) is 0 Å². The summed E-state index contributed by atoms with van der Waals surface area (Å²) in [5.41, 5.74) is 0.330. The van der Waals surface area contributed by atoms with Gasteiger partial charge < -0.3 is 10.4 Å². The Bertz CT molecular complexity index is 252. The molecule has 0 bridgehead atoms. The fraction of sp³-hybridized carbons (Fsp3) is 0.500. The second-order valence-electron chi connectivity index (χ2n) is 2.79. The summed E-state index contributed by atoms with van der Waals surface area (Å²) < 4.78 is 0. The van der Waals surface area contributed by atoms with E-state index in [1.165, 1.54) is 0 Å². The van der Waals surface area contributed by atoms with E-state index in [0.29, 0.717) is 12.1 Å². The van der Waals surface area contributed by atoms with Gasteiger partial charge in [0.25, 0.3) is 0 Å². The molecule has 0 aliphatic carbocycles. The third-order valence-corrected chi connectivity index (χ3v) is 1.61. The van der Waals surface area contributed by atoms with E-state index < -0.39 is 5.97 Å². The molecule has 0 unspecified atom stereocenters. The van der Waals surface area contributed by atoms with Crippen LogP contribution < -0.4 is 5.32 Å². The number of carbonyl (C=O) groups excluding carboxylic acids is 1. The van der Waals surface area contributed by atoms with Gasteiger partial charge in [-0.05, 0) is 26.2 Å². The van der Waals surface area contributed by atoms with Crippen LogP contribution in [-0.4, -0.2) is 23.6 Å². The van der Waals surface area contributed by atoms with Gasteiger partial charge in [0, 0.05) is 0 Å². The lowest BCUT2D eigenvalue weighted by molar-refractivity contribution is -0.135. The Morgan fingerprint density at radius 2 is 2.29 bits per heavy atom. The van der Waals surface area contributed by atoms with Crippen molar-refractivity contribution < 1.29 is 14.7 Å². The fourth-order valence-corrected chi connectivity index (χ4v) is 0.921. The monoisotopic (exact) mass is 197 g/mol. The first-order chi connectivity index (χ1) is 6.70. The first-order valence-electron chi connectivity index (χ1n) is 4.51. The van der Waals surface area contributed by atoms with E-state index in [1.807, 2.05) is 19.1 Å². The summed E-state index contributed by atoms with van der Waals surface area (Å²) in [7, 11) is 0. The number of hydrogen-bond donors (Lipinski definition) is 2. The third kappa shape index (κ3) is 7.13. The van der Waals surface area contributed by atoms with Gasteiger partial charge in [-0.2, -0.15) is 0 Å². The van der Waals surface area contributed by atoms with Gasteiger partial charge in [0.15, 0.2) is 0 Å². The molecular formula is C10H15NO3. The zero-order chi connectivity index (χ0) is 10.8. The zero-order valence-electron chi connectivity index (χ0n) is 8.25. The Morgan fingerprint density at radius 1 is 1.57 bits per heavy atom. The summed E-state index contributed by atoms with van der Waals surface area (Å²) in [4.78, 5) is 20.5. The molecule has 0 spiro atoms. The van der Waals surface area contributed by atoms with Crippen molar-refractivity contribution in [3.63, 3.8) is 0 Å². The van der Waals surface area contributed by atoms with Crippen LogP contribution >= 0.6 is 0 Å². The Hall–Kier alpha value is -1.54.